The highest BCUT2D eigenvalue weighted by atomic mass is 16.4. The van der Waals surface area contributed by atoms with Crippen molar-refractivity contribution in [1.82, 2.24) is 10.6 Å². The minimum Gasteiger partial charge on any atom is -0.480 e. The van der Waals surface area contributed by atoms with Gasteiger partial charge in [-0.15, -0.1) is 0 Å². The second-order valence-corrected chi connectivity index (χ2v) is 3.47. The zero-order chi connectivity index (χ0) is 14.1. The van der Waals surface area contributed by atoms with Gasteiger partial charge in [-0.25, -0.2) is 0 Å². The molecule has 0 bridgehead atoms. The van der Waals surface area contributed by atoms with Crippen LogP contribution < -0.4 is 10.6 Å². The van der Waals surface area contributed by atoms with Crippen molar-refractivity contribution in [2.75, 3.05) is 13.1 Å². The summed E-state index contributed by atoms with van der Waals surface area (Å²) in [6.07, 6.45) is 0. The van der Waals surface area contributed by atoms with E-state index in [1.54, 1.807) is 24.3 Å². The molecule has 0 spiro atoms. The number of benzene rings is 1. The number of carboxylic acids is 1. The van der Waals surface area contributed by atoms with Gasteiger partial charge in [0.2, 0.25) is 5.91 Å². The van der Waals surface area contributed by atoms with Crippen LogP contribution in [0.15, 0.2) is 30.3 Å². The number of aliphatic carboxylic acids is 1. The van der Waals surface area contributed by atoms with Crippen LogP contribution in [0.5, 0.6) is 0 Å². The Bertz CT molecular complexity index is 529. The van der Waals surface area contributed by atoms with Crippen LogP contribution in [0.3, 0.4) is 0 Å². The second-order valence-electron chi connectivity index (χ2n) is 3.47. The largest absolute Gasteiger partial charge is 0.480 e. The van der Waals surface area contributed by atoms with Gasteiger partial charge >= 0.3 is 5.97 Å². The highest BCUT2D eigenvalue weighted by molar-refractivity contribution is 5.96. The fourth-order valence-electron chi connectivity index (χ4n) is 1.09. The first kappa shape index (κ1) is 14.3. The molecule has 1 aromatic carbocycles. The SMILES string of the molecule is O=C(O)CNC(=O)CNC(=O)C#Cc1ccccc1. The Morgan fingerprint density at radius 3 is 2.37 bits per heavy atom. The molecule has 3 N–H and O–H groups in total. The van der Waals surface area contributed by atoms with E-state index in [1.165, 1.54) is 0 Å². The molecule has 0 aliphatic rings. The fourth-order valence-corrected chi connectivity index (χ4v) is 1.09. The van der Waals surface area contributed by atoms with Crippen molar-refractivity contribution in [3.05, 3.63) is 35.9 Å². The highest BCUT2D eigenvalue weighted by Crippen LogP contribution is 1.94. The molecule has 98 valence electrons. The van der Waals surface area contributed by atoms with Gasteiger partial charge in [0.15, 0.2) is 0 Å². The second kappa shape index (κ2) is 7.50. The minimum atomic E-state index is -1.15. The van der Waals surface area contributed by atoms with Crippen molar-refractivity contribution in [2.24, 2.45) is 0 Å². The van der Waals surface area contributed by atoms with E-state index in [4.69, 9.17) is 5.11 Å². The van der Waals surface area contributed by atoms with Crippen LogP contribution >= 0.6 is 0 Å². The van der Waals surface area contributed by atoms with Crippen LogP contribution in [0.25, 0.3) is 0 Å². The third-order valence-electron chi connectivity index (χ3n) is 1.94. The highest BCUT2D eigenvalue weighted by Gasteiger charge is 2.04. The number of carbonyl (C=O) groups excluding carboxylic acids is 2. The molecule has 1 aromatic rings. The van der Waals surface area contributed by atoms with Crippen molar-refractivity contribution in [3.63, 3.8) is 0 Å². The summed E-state index contributed by atoms with van der Waals surface area (Å²) in [5, 5.41) is 12.7. The summed E-state index contributed by atoms with van der Waals surface area (Å²) >= 11 is 0. The summed E-state index contributed by atoms with van der Waals surface area (Å²) < 4.78 is 0. The van der Waals surface area contributed by atoms with Crippen LogP contribution in [0.4, 0.5) is 0 Å². The van der Waals surface area contributed by atoms with Crippen LogP contribution in [-0.4, -0.2) is 36.0 Å². The summed E-state index contributed by atoms with van der Waals surface area (Å²) in [6, 6.07) is 8.92. The summed E-state index contributed by atoms with van der Waals surface area (Å²) in [4.78, 5) is 32.5. The molecule has 0 radical (unpaired) electrons. The van der Waals surface area contributed by atoms with Crippen molar-refractivity contribution in [3.8, 4) is 11.8 Å². The number of rotatable bonds is 4. The van der Waals surface area contributed by atoms with Gasteiger partial charge in [0.25, 0.3) is 5.91 Å². The van der Waals surface area contributed by atoms with Crippen molar-refractivity contribution < 1.29 is 19.5 Å². The molecule has 0 aliphatic heterocycles. The number of nitrogens with one attached hydrogen (secondary N) is 2. The molecule has 0 aromatic heterocycles. The number of amides is 2. The Balaban J connectivity index is 2.34. The Labute approximate surface area is 109 Å². The Morgan fingerprint density at radius 1 is 1.05 bits per heavy atom. The molecule has 0 aliphatic carbocycles. The van der Waals surface area contributed by atoms with E-state index in [0.717, 1.165) is 0 Å². The van der Waals surface area contributed by atoms with Crippen molar-refractivity contribution >= 4 is 17.8 Å². The van der Waals surface area contributed by atoms with Crippen molar-refractivity contribution in [1.29, 1.82) is 0 Å². The summed E-state index contributed by atoms with van der Waals surface area (Å²) in [7, 11) is 0. The third-order valence-corrected chi connectivity index (χ3v) is 1.94. The van der Waals surface area contributed by atoms with Gasteiger partial charge in [0.05, 0.1) is 6.54 Å². The molecule has 1 rings (SSSR count). The monoisotopic (exact) mass is 260 g/mol. The van der Waals surface area contributed by atoms with Gasteiger partial charge in [0.1, 0.15) is 6.54 Å². The molecule has 0 saturated carbocycles. The van der Waals surface area contributed by atoms with Crippen molar-refractivity contribution in [2.45, 2.75) is 0 Å². The lowest BCUT2D eigenvalue weighted by Crippen LogP contribution is -2.38. The zero-order valence-electron chi connectivity index (χ0n) is 9.97. The Morgan fingerprint density at radius 2 is 1.74 bits per heavy atom. The molecule has 2 amide bonds. The van der Waals surface area contributed by atoms with E-state index in [0.29, 0.717) is 5.56 Å². The maximum atomic E-state index is 11.3. The first-order chi connectivity index (χ1) is 9.08. The fraction of sp³-hybridized carbons (Fsp3) is 0.154. The van der Waals surface area contributed by atoms with Gasteiger partial charge in [-0.3, -0.25) is 14.4 Å². The maximum absolute atomic E-state index is 11.3. The van der Waals surface area contributed by atoms with E-state index in [-0.39, 0.29) is 6.54 Å². The van der Waals surface area contributed by atoms with E-state index in [9.17, 15) is 14.4 Å². The van der Waals surface area contributed by atoms with E-state index < -0.39 is 24.3 Å². The van der Waals surface area contributed by atoms with Gasteiger partial charge in [-0.2, -0.15) is 0 Å². The average molecular weight is 260 g/mol. The van der Waals surface area contributed by atoms with E-state index in [2.05, 4.69) is 22.5 Å². The number of carboxylic acid groups (broad SMARTS) is 1. The molecule has 19 heavy (non-hydrogen) atoms. The molecule has 6 heteroatoms. The molecule has 0 unspecified atom stereocenters. The van der Waals surface area contributed by atoms with Gasteiger partial charge < -0.3 is 15.7 Å². The van der Waals surface area contributed by atoms with Crippen LogP contribution in [-0.2, 0) is 14.4 Å². The number of hydrogen-bond donors (Lipinski definition) is 3. The first-order valence-corrected chi connectivity index (χ1v) is 5.41. The molecular weight excluding hydrogens is 248 g/mol. The van der Waals surface area contributed by atoms with Gasteiger partial charge in [-0.05, 0) is 12.1 Å². The van der Waals surface area contributed by atoms with Gasteiger partial charge in [-0.1, -0.05) is 24.1 Å². The third kappa shape index (κ3) is 6.48. The summed E-state index contributed by atoms with van der Waals surface area (Å²) in [6.45, 7) is -0.792. The molecule has 0 atom stereocenters. The quantitative estimate of drug-likeness (QED) is 0.627. The smallest absolute Gasteiger partial charge is 0.322 e. The lowest BCUT2D eigenvalue weighted by Gasteiger charge is -2.01. The van der Waals surface area contributed by atoms with Crippen LogP contribution in [0, 0.1) is 11.8 Å². The van der Waals surface area contributed by atoms with Gasteiger partial charge in [0, 0.05) is 11.5 Å². The molecule has 0 heterocycles. The van der Waals surface area contributed by atoms with E-state index >= 15 is 0 Å². The average Bonchev–Trinajstić information content (AvgIpc) is 2.41. The standard InChI is InChI=1S/C13H12N2O4/c16-11(7-6-10-4-2-1-3-5-10)14-8-12(17)15-9-13(18)19/h1-5H,8-9H2,(H,14,16)(H,15,17)(H,18,19). The molecular formula is C13H12N2O4. The number of hydrogen-bond acceptors (Lipinski definition) is 3. The molecule has 6 nitrogen and oxygen atoms in total. The lowest BCUT2D eigenvalue weighted by atomic mass is 10.2. The lowest BCUT2D eigenvalue weighted by molar-refractivity contribution is -0.137. The minimum absolute atomic E-state index is 0.310. The van der Waals surface area contributed by atoms with Crippen LogP contribution in [0.2, 0.25) is 0 Å². The summed E-state index contributed by atoms with van der Waals surface area (Å²) in [5.74, 6) is 2.62. The molecule has 0 fully saturated rings. The predicted octanol–water partition coefficient (Wildman–Crippen LogP) is -0.645. The Hall–Kier alpha value is -2.81. The molecule has 0 saturated heterocycles. The topological polar surface area (TPSA) is 95.5 Å². The Kier molecular flexibility index (Phi) is 5.63. The maximum Gasteiger partial charge on any atom is 0.322 e. The predicted molar refractivity (Wildman–Crippen MR) is 67.0 cm³/mol. The zero-order valence-corrected chi connectivity index (χ0v) is 9.97. The van der Waals surface area contributed by atoms with Crippen LogP contribution in [0.1, 0.15) is 5.56 Å². The first-order valence-electron chi connectivity index (χ1n) is 5.41. The summed E-state index contributed by atoms with van der Waals surface area (Å²) in [5.41, 5.74) is 0.688. The van der Waals surface area contributed by atoms with E-state index in [1.807, 2.05) is 6.07 Å². The normalized spacial score (nSPS) is 8.84. The number of carbonyl (C=O) groups is 3.